The predicted octanol–water partition coefficient (Wildman–Crippen LogP) is 2.28. The van der Waals surface area contributed by atoms with Crippen LogP contribution in [0.3, 0.4) is 0 Å². The molecule has 4 heteroatoms. The van der Waals surface area contributed by atoms with Crippen molar-refractivity contribution in [2.24, 2.45) is 0 Å². The number of hydrogen-bond acceptors (Lipinski definition) is 2. The molecule has 1 N–H and O–H groups in total. The van der Waals surface area contributed by atoms with Gasteiger partial charge in [-0.2, -0.15) is 4.57 Å². The molecule has 0 bridgehead atoms. The second kappa shape index (κ2) is 5.11. The molecule has 3 rings (SSSR count). The summed E-state index contributed by atoms with van der Waals surface area (Å²) in [6.45, 7) is 0.465. The highest BCUT2D eigenvalue weighted by molar-refractivity contribution is 6.18. The quantitative estimate of drug-likeness (QED) is 0.452. The summed E-state index contributed by atoms with van der Waals surface area (Å²) in [5.41, 5.74) is 3.85. The first-order valence-corrected chi connectivity index (χ1v) is 6.74. The van der Waals surface area contributed by atoms with Crippen molar-refractivity contribution in [3.05, 3.63) is 48.5 Å². The first-order chi connectivity index (χ1) is 9.29. The Morgan fingerprint density at radius 2 is 1.53 bits per heavy atom. The van der Waals surface area contributed by atoms with Crippen molar-refractivity contribution in [3.8, 4) is 0 Å². The largest absolute Gasteiger partial charge is 0.385 e. The number of benzene rings is 2. The minimum absolute atomic E-state index is 0.220. The summed E-state index contributed by atoms with van der Waals surface area (Å²) in [4.78, 5) is 4.64. The fourth-order valence-electron chi connectivity index (χ4n) is 2.29. The van der Waals surface area contributed by atoms with E-state index in [9.17, 15) is 5.11 Å². The first kappa shape index (κ1) is 12.3. The maximum atomic E-state index is 9.86. The number of halogens is 1. The topological polar surface area (TPSA) is 37.0 Å². The van der Waals surface area contributed by atoms with E-state index in [2.05, 4.69) is 9.55 Å². The lowest BCUT2D eigenvalue weighted by Gasteiger charge is -2.07. The average molecular weight is 274 g/mol. The zero-order chi connectivity index (χ0) is 13.2. The maximum absolute atomic E-state index is 9.86. The Morgan fingerprint density at radius 3 is 2.05 bits per heavy atom. The number of fused-ring (bicyclic) bond motifs is 2. The van der Waals surface area contributed by atoms with E-state index in [1.54, 1.807) is 0 Å². The molecule has 0 radical (unpaired) electrons. The van der Waals surface area contributed by atoms with Crippen LogP contribution in [0.2, 0.25) is 0 Å². The molecule has 3 nitrogen and oxygen atoms in total. The van der Waals surface area contributed by atoms with Crippen molar-refractivity contribution in [2.75, 3.05) is 5.88 Å². The summed E-state index contributed by atoms with van der Waals surface area (Å²) >= 11 is 5.73. The smallest absolute Gasteiger partial charge is 0.231 e. The SMILES string of the molecule is OC(CCl)C[n+]1c2ccccc2nc2ccccc21. The number of alkyl halides is 1. The lowest BCUT2D eigenvalue weighted by Crippen LogP contribution is -2.42. The van der Waals surface area contributed by atoms with Crippen molar-refractivity contribution in [3.63, 3.8) is 0 Å². The minimum atomic E-state index is -0.569. The average Bonchev–Trinajstić information content (AvgIpc) is 2.46. The maximum Gasteiger partial charge on any atom is 0.231 e. The molecule has 2 aromatic carbocycles. The number of aliphatic hydroxyl groups is 1. The lowest BCUT2D eigenvalue weighted by molar-refractivity contribution is -0.652. The molecule has 3 aromatic rings. The van der Waals surface area contributed by atoms with Gasteiger partial charge in [0.1, 0.15) is 17.1 Å². The third-order valence-corrected chi connectivity index (χ3v) is 3.51. The van der Waals surface area contributed by atoms with Crippen molar-refractivity contribution in [2.45, 2.75) is 12.6 Å². The monoisotopic (exact) mass is 273 g/mol. The number of hydrogen-bond donors (Lipinski definition) is 1. The molecule has 0 amide bonds. The van der Waals surface area contributed by atoms with Gasteiger partial charge in [-0.1, -0.05) is 24.3 Å². The van der Waals surface area contributed by atoms with Gasteiger partial charge in [-0.05, 0) is 12.1 Å². The molecular formula is C15H14ClN2O+. The standard InChI is InChI=1S/C15H14ClN2O/c16-9-11(19)10-18-14-7-3-1-5-12(14)17-13-6-2-4-8-15(13)18/h1-8,11,19H,9-10H2/q+1. The van der Waals surface area contributed by atoms with E-state index in [0.717, 1.165) is 22.1 Å². The zero-order valence-electron chi connectivity index (χ0n) is 10.3. The summed E-state index contributed by atoms with van der Waals surface area (Å²) in [7, 11) is 0. The summed E-state index contributed by atoms with van der Waals surface area (Å²) in [5, 5.41) is 9.86. The van der Waals surface area contributed by atoms with E-state index in [1.165, 1.54) is 0 Å². The highest BCUT2D eigenvalue weighted by Gasteiger charge is 2.19. The van der Waals surface area contributed by atoms with Crippen LogP contribution in [-0.4, -0.2) is 22.1 Å². The van der Waals surface area contributed by atoms with Crippen LogP contribution in [0.25, 0.3) is 22.1 Å². The molecule has 1 heterocycles. The molecule has 19 heavy (non-hydrogen) atoms. The summed E-state index contributed by atoms with van der Waals surface area (Å²) in [6.07, 6.45) is -0.569. The van der Waals surface area contributed by atoms with Crippen LogP contribution >= 0.6 is 11.6 Å². The summed E-state index contributed by atoms with van der Waals surface area (Å²) in [5.74, 6) is 0.220. The molecule has 0 saturated heterocycles. The number of para-hydroxylation sites is 4. The Morgan fingerprint density at radius 1 is 1.00 bits per heavy atom. The van der Waals surface area contributed by atoms with Gasteiger partial charge in [0, 0.05) is 12.1 Å². The molecule has 0 spiro atoms. The van der Waals surface area contributed by atoms with Crippen LogP contribution in [0.1, 0.15) is 0 Å². The van der Waals surface area contributed by atoms with Gasteiger partial charge in [0.2, 0.25) is 11.0 Å². The predicted molar refractivity (Wildman–Crippen MR) is 76.2 cm³/mol. The fourth-order valence-corrected chi connectivity index (χ4v) is 2.39. The fraction of sp³-hybridized carbons (Fsp3) is 0.200. The van der Waals surface area contributed by atoms with Crippen molar-refractivity contribution < 1.29 is 9.67 Å². The molecule has 1 unspecified atom stereocenters. The van der Waals surface area contributed by atoms with E-state index in [4.69, 9.17) is 11.6 Å². The van der Waals surface area contributed by atoms with Crippen LogP contribution in [0, 0.1) is 0 Å². The highest BCUT2D eigenvalue weighted by Crippen LogP contribution is 2.14. The van der Waals surface area contributed by atoms with E-state index in [0.29, 0.717) is 6.54 Å². The number of aromatic nitrogens is 2. The van der Waals surface area contributed by atoms with Gasteiger partial charge in [-0.15, -0.1) is 11.6 Å². The van der Waals surface area contributed by atoms with Crippen LogP contribution in [0.15, 0.2) is 48.5 Å². The Balaban J connectivity index is 2.33. The molecule has 0 fully saturated rings. The van der Waals surface area contributed by atoms with Crippen LogP contribution in [0.4, 0.5) is 0 Å². The number of aliphatic hydroxyl groups excluding tert-OH is 1. The first-order valence-electron chi connectivity index (χ1n) is 6.21. The van der Waals surface area contributed by atoms with Gasteiger partial charge in [0.05, 0.1) is 5.88 Å². The van der Waals surface area contributed by atoms with Gasteiger partial charge in [-0.3, -0.25) is 0 Å². The molecule has 0 aliphatic carbocycles. The molecule has 1 atom stereocenters. The molecule has 0 saturated carbocycles. The Kier molecular flexibility index (Phi) is 3.32. The van der Waals surface area contributed by atoms with E-state index >= 15 is 0 Å². The Bertz CT molecular complexity index is 675. The van der Waals surface area contributed by atoms with E-state index in [-0.39, 0.29) is 5.88 Å². The van der Waals surface area contributed by atoms with Crippen LogP contribution in [0.5, 0.6) is 0 Å². The normalized spacial score (nSPS) is 12.9. The second-order valence-corrected chi connectivity index (χ2v) is 4.82. The van der Waals surface area contributed by atoms with Crippen molar-refractivity contribution in [1.82, 2.24) is 4.98 Å². The lowest BCUT2D eigenvalue weighted by atomic mass is 10.2. The zero-order valence-corrected chi connectivity index (χ0v) is 11.1. The van der Waals surface area contributed by atoms with Gasteiger partial charge < -0.3 is 5.11 Å². The minimum Gasteiger partial charge on any atom is -0.385 e. The van der Waals surface area contributed by atoms with Gasteiger partial charge in [0.15, 0.2) is 6.54 Å². The summed E-state index contributed by atoms with van der Waals surface area (Å²) < 4.78 is 2.07. The molecule has 0 aliphatic heterocycles. The van der Waals surface area contributed by atoms with Gasteiger partial charge >= 0.3 is 0 Å². The molecule has 96 valence electrons. The molecular weight excluding hydrogens is 260 g/mol. The molecule has 1 aromatic heterocycles. The van der Waals surface area contributed by atoms with Gasteiger partial charge in [-0.25, -0.2) is 4.98 Å². The van der Waals surface area contributed by atoms with Crippen LogP contribution in [-0.2, 0) is 6.54 Å². The third-order valence-electron chi connectivity index (χ3n) is 3.16. The van der Waals surface area contributed by atoms with Crippen LogP contribution < -0.4 is 4.57 Å². The Labute approximate surface area is 116 Å². The van der Waals surface area contributed by atoms with Gasteiger partial charge in [0.25, 0.3) is 0 Å². The number of rotatable bonds is 3. The Hall–Kier alpha value is -1.71. The summed E-state index contributed by atoms with van der Waals surface area (Å²) in [6, 6.07) is 15.9. The van der Waals surface area contributed by atoms with Crippen molar-refractivity contribution >= 4 is 33.7 Å². The third kappa shape index (κ3) is 2.27. The van der Waals surface area contributed by atoms with E-state index < -0.39 is 6.10 Å². The highest BCUT2D eigenvalue weighted by atomic mass is 35.5. The second-order valence-electron chi connectivity index (χ2n) is 4.51. The number of nitrogens with zero attached hydrogens (tertiary/aromatic N) is 2. The van der Waals surface area contributed by atoms with E-state index in [1.807, 2.05) is 48.5 Å². The van der Waals surface area contributed by atoms with Crippen molar-refractivity contribution in [1.29, 1.82) is 0 Å². The molecule has 0 aliphatic rings.